The topological polar surface area (TPSA) is 41.6 Å². The third-order valence-electron chi connectivity index (χ3n) is 3.38. The van der Waals surface area contributed by atoms with Gasteiger partial charge in [-0.05, 0) is 26.0 Å². The summed E-state index contributed by atoms with van der Waals surface area (Å²) in [6.07, 6.45) is 0.406. The Morgan fingerprint density at radius 3 is 2.74 bits per heavy atom. The highest BCUT2D eigenvalue weighted by Crippen LogP contribution is 2.22. The SMILES string of the molecule is COC(=O)CC1CN(c2ccccc2)CC(C)(C)N1. The lowest BCUT2D eigenvalue weighted by Gasteiger charge is -2.44. The van der Waals surface area contributed by atoms with Gasteiger partial charge in [0.25, 0.3) is 0 Å². The van der Waals surface area contributed by atoms with E-state index in [-0.39, 0.29) is 17.6 Å². The van der Waals surface area contributed by atoms with Crippen LogP contribution in [0.4, 0.5) is 5.69 Å². The zero-order valence-corrected chi connectivity index (χ0v) is 11.8. The zero-order valence-electron chi connectivity index (χ0n) is 11.8. The van der Waals surface area contributed by atoms with E-state index in [1.807, 2.05) is 18.2 Å². The van der Waals surface area contributed by atoms with Crippen molar-refractivity contribution in [2.75, 3.05) is 25.1 Å². The van der Waals surface area contributed by atoms with E-state index in [4.69, 9.17) is 4.74 Å². The first-order chi connectivity index (χ1) is 9.00. The minimum Gasteiger partial charge on any atom is -0.469 e. The van der Waals surface area contributed by atoms with Crippen molar-refractivity contribution in [3.8, 4) is 0 Å². The van der Waals surface area contributed by atoms with E-state index >= 15 is 0 Å². The first kappa shape index (κ1) is 13.9. The summed E-state index contributed by atoms with van der Waals surface area (Å²) in [5, 5.41) is 3.52. The molecule has 1 fully saturated rings. The molecular weight excluding hydrogens is 240 g/mol. The smallest absolute Gasteiger partial charge is 0.307 e. The molecule has 19 heavy (non-hydrogen) atoms. The second kappa shape index (κ2) is 5.61. The summed E-state index contributed by atoms with van der Waals surface area (Å²) in [5.41, 5.74) is 1.18. The molecule has 1 N–H and O–H groups in total. The fourth-order valence-corrected chi connectivity index (χ4v) is 2.69. The molecule has 1 aliphatic heterocycles. The van der Waals surface area contributed by atoms with Gasteiger partial charge in [0.15, 0.2) is 0 Å². The molecule has 0 saturated carbocycles. The number of nitrogens with zero attached hydrogens (tertiary/aromatic N) is 1. The number of para-hydroxylation sites is 1. The van der Waals surface area contributed by atoms with Gasteiger partial charge in [-0.25, -0.2) is 0 Å². The van der Waals surface area contributed by atoms with Gasteiger partial charge in [0.05, 0.1) is 13.5 Å². The van der Waals surface area contributed by atoms with Crippen LogP contribution >= 0.6 is 0 Å². The van der Waals surface area contributed by atoms with Crippen LogP contribution in [0, 0.1) is 0 Å². The number of anilines is 1. The maximum atomic E-state index is 11.5. The summed E-state index contributed by atoms with van der Waals surface area (Å²) in [7, 11) is 1.44. The van der Waals surface area contributed by atoms with E-state index in [2.05, 4.69) is 36.2 Å². The molecule has 104 valence electrons. The van der Waals surface area contributed by atoms with Crippen LogP contribution < -0.4 is 10.2 Å². The summed E-state index contributed by atoms with van der Waals surface area (Å²) in [6.45, 7) is 6.07. The third-order valence-corrected chi connectivity index (χ3v) is 3.38. The maximum absolute atomic E-state index is 11.5. The highest BCUT2D eigenvalue weighted by molar-refractivity contribution is 5.70. The van der Waals surface area contributed by atoms with Crippen molar-refractivity contribution >= 4 is 11.7 Å². The average Bonchev–Trinajstić information content (AvgIpc) is 2.37. The van der Waals surface area contributed by atoms with Crippen molar-refractivity contribution in [3.63, 3.8) is 0 Å². The number of carbonyl (C=O) groups is 1. The predicted molar refractivity (Wildman–Crippen MR) is 76.3 cm³/mol. The van der Waals surface area contributed by atoms with Crippen LogP contribution in [-0.2, 0) is 9.53 Å². The number of ether oxygens (including phenoxy) is 1. The van der Waals surface area contributed by atoms with Crippen LogP contribution in [0.25, 0.3) is 0 Å². The maximum Gasteiger partial charge on any atom is 0.307 e. The Morgan fingerprint density at radius 1 is 1.42 bits per heavy atom. The Morgan fingerprint density at radius 2 is 2.11 bits per heavy atom. The first-order valence-electron chi connectivity index (χ1n) is 6.65. The largest absolute Gasteiger partial charge is 0.469 e. The number of benzene rings is 1. The van der Waals surface area contributed by atoms with Gasteiger partial charge in [0.1, 0.15) is 0 Å². The van der Waals surface area contributed by atoms with Crippen LogP contribution in [0.2, 0.25) is 0 Å². The minimum atomic E-state index is -0.164. The highest BCUT2D eigenvalue weighted by atomic mass is 16.5. The van der Waals surface area contributed by atoms with Crippen LogP contribution in [0.15, 0.2) is 30.3 Å². The van der Waals surface area contributed by atoms with Gasteiger partial charge in [-0.2, -0.15) is 0 Å². The molecule has 1 saturated heterocycles. The predicted octanol–water partition coefficient (Wildman–Crippen LogP) is 1.81. The lowest BCUT2D eigenvalue weighted by molar-refractivity contribution is -0.141. The number of carbonyl (C=O) groups excluding carboxylic acids is 1. The summed E-state index contributed by atoms with van der Waals surface area (Å²) >= 11 is 0. The van der Waals surface area contributed by atoms with Crippen molar-refractivity contribution in [2.45, 2.75) is 31.8 Å². The van der Waals surface area contributed by atoms with E-state index in [1.165, 1.54) is 12.8 Å². The van der Waals surface area contributed by atoms with Gasteiger partial charge in [-0.15, -0.1) is 0 Å². The second-order valence-corrected chi connectivity index (χ2v) is 5.72. The van der Waals surface area contributed by atoms with E-state index in [1.54, 1.807) is 0 Å². The Hall–Kier alpha value is -1.55. The Labute approximate surface area is 114 Å². The zero-order chi connectivity index (χ0) is 13.9. The Bertz CT molecular complexity index is 431. The van der Waals surface area contributed by atoms with Gasteiger partial charge in [0.2, 0.25) is 0 Å². The number of hydrogen-bond acceptors (Lipinski definition) is 4. The van der Waals surface area contributed by atoms with E-state index in [0.29, 0.717) is 6.42 Å². The quantitative estimate of drug-likeness (QED) is 0.844. The molecule has 2 rings (SSSR count). The third kappa shape index (κ3) is 3.70. The summed E-state index contributed by atoms with van der Waals surface area (Å²) < 4.78 is 4.76. The Balaban J connectivity index is 2.11. The number of esters is 1. The number of nitrogens with one attached hydrogen (secondary N) is 1. The monoisotopic (exact) mass is 262 g/mol. The molecule has 0 bridgehead atoms. The minimum absolute atomic E-state index is 0.0211. The van der Waals surface area contributed by atoms with Crippen molar-refractivity contribution in [2.24, 2.45) is 0 Å². The summed E-state index contributed by atoms with van der Waals surface area (Å²) in [4.78, 5) is 13.8. The van der Waals surface area contributed by atoms with Gasteiger partial charge < -0.3 is 15.0 Å². The molecule has 0 radical (unpaired) electrons. The molecule has 1 aliphatic rings. The molecule has 0 aromatic heterocycles. The van der Waals surface area contributed by atoms with Gasteiger partial charge in [-0.3, -0.25) is 4.79 Å². The van der Waals surface area contributed by atoms with E-state index < -0.39 is 0 Å². The van der Waals surface area contributed by atoms with Crippen LogP contribution in [0.3, 0.4) is 0 Å². The van der Waals surface area contributed by atoms with E-state index in [0.717, 1.165) is 13.1 Å². The van der Waals surface area contributed by atoms with Crippen LogP contribution in [0.5, 0.6) is 0 Å². The molecule has 0 aliphatic carbocycles. The molecule has 0 spiro atoms. The second-order valence-electron chi connectivity index (χ2n) is 5.72. The number of methoxy groups -OCH3 is 1. The van der Waals surface area contributed by atoms with E-state index in [9.17, 15) is 4.79 Å². The average molecular weight is 262 g/mol. The first-order valence-corrected chi connectivity index (χ1v) is 6.65. The molecule has 4 nitrogen and oxygen atoms in total. The lowest BCUT2D eigenvalue weighted by Crippen LogP contribution is -2.62. The molecule has 1 heterocycles. The van der Waals surface area contributed by atoms with Crippen molar-refractivity contribution in [1.82, 2.24) is 5.32 Å². The number of hydrogen-bond donors (Lipinski definition) is 1. The number of piperazine rings is 1. The molecule has 1 atom stereocenters. The summed E-state index contributed by atoms with van der Waals surface area (Å²) in [5.74, 6) is -0.164. The standard InChI is InChI=1S/C15H22N2O2/c1-15(2)11-17(13-7-5-4-6-8-13)10-12(16-15)9-14(18)19-3/h4-8,12,16H,9-11H2,1-3H3. The number of rotatable bonds is 3. The van der Waals surface area contributed by atoms with Gasteiger partial charge in [-0.1, -0.05) is 18.2 Å². The molecule has 0 amide bonds. The fourth-order valence-electron chi connectivity index (χ4n) is 2.69. The molecule has 1 aromatic rings. The van der Waals surface area contributed by atoms with Gasteiger partial charge >= 0.3 is 5.97 Å². The summed E-state index contributed by atoms with van der Waals surface area (Å²) in [6, 6.07) is 10.4. The normalized spacial score (nSPS) is 22.1. The highest BCUT2D eigenvalue weighted by Gasteiger charge is 2.33. The van der Waals surface area contributed by atoms with Crippen molar-refractivity contribution < 1.29 is 9.53 Å². The lowest BCUT2D eigenvalue weighted by atomic mass is 9.96. The molecule has 1 aromatic carbocycles. The van der Waals surface area contributed by atoms with Crippen LogP contribution in [0.1, 0.15) is 20.3 Å². The fraction of sp³-hybridized carbons (Fsp3) is 0.533. The molecular formula is C15H22N2O2. The molecule has 4 heteroatoms. The van der Waals surface area contributed by atoms with Crippen molar-refractivity contribution in [1.29, 1.82) is 0 Å². The van der Waals surface area contributed by atoms with Crippen LogP contribution in [-0.4, -0.2) is 37.7 Å². The molecule has 1 unspecified atom stereocenters. The van der Waals surface area contributed by atoms with Gasteiger partial charge in [0, 0.05) is 30.4 Å². The van der Waals surface area contributed by atoms with Crippen molar-refractivity contribution in [3.05, 3.63) is 30.3 Å². The Kier molecular flexibility index (Phi) is 4.10.